The molecule has 0 aliphatic carbocycles. The van der Waals surface area contributed by atoms with Gasteiger partial charge in [0, 0.05) is 23.5 Å². The molecule has 0 fully saturated rings. The normalized spacial score (nSPS) is 13.3. The van der Waals surface area contributed by atoms with Gasteiger partial charge in [0.05, 0.1) is 0 Å². The van der Waals surface area contributed by atoms with Crippen molar-refractivity contribution in [3.05, 3.63) is 199 Å². The van der Waals surface area contributed by atoms with E-state index >= 15 is 0 Å². The van der Waals surface area contributed by atoms with Gasteiger partial charge in [-0.25, -0.2) is 0 Å². The second-order valence-electron chi connectivity index (χ2n) is 10.2. The summed E-state index contributed by atoms with van der Waals surface area (Å²) < 4.78 is 0. The molecule has 0 aromatic heterocycles. The first-order chi connectivity index (χ1) is 21.4. The third-order valence-corrected chi connectivity index (χ3v) is 7.18. The van der Waals surface area contributed by atoms with E-state index in [1.165, 1.54) is 10.9 Å². The lowest BCUT2D eigenvalue weighted by Gasteiger charge is -2.10. The van der Waals surface area contributed by atoms with Crippen LogP contribution in [0.25, 0.3) is 22.4 Å². The topological polar surface area (TPSA) is 38.0 Å². The van der Waals surface area contributed by atoms with E-state index < -0.39 is 0 Å². The van der Waals surface area contributed by atoms with Crippen LogP contribution in [0.3, 0.4) is 0 Å². The van der Waals surface area contributed by atoms with Gasteiger partial charge >= 0.3 is 0 Å². The summed E-state index contributed by atoms with van der Waals surface area (Å²) in [5.41, 5.74) is 15.1. The molecule has 3 aromatic carbocycles. The Kier molecular flexibility index (Phi) is 13.2. The van der Waals surface area contributed by atoms with Crippen molar-refractivity contribution >= 4 is 28.1 Å². The largest absolute Gasteiger partial charge is 0.404 e. The number of nitrogens with one attached hydrogen (secondary N) is 1. The molecule has 0 radical (unpaired) electrons. The number of aryl methyl sites for hydroxylation is 1. The highest BCUT2D eigenvalue weighted by molar-refractivity contribution is 5.94. The van der Waals surface area contributed by atoms with Gasteiger partial charge in [0.25, 0.3) is 0 Å². The summed E-state index contributed by atoms with van der Waals surface area (Å²) in [5.74, 6) is 0. The number of anilines is 1. The Morgan fingerprint density at radius 2 is 1.61 bits per heavy atom. The lowest BCUT2D eigenvalue weighted by Crippen LogP contribution is -1.96. The average molecular weight is 577 g/mol. The van der Waals surface area contributed by atoms with E-state index in [0.717, 1.165) is 56.5 Å². The number of hydrogen-bond donors (Lipinski definition) is 2. The first-order valence-corrected chi connectivity index (χ1v) is 14.9. The number of rotatable bonds is 14. The van der Waals surface area contributed by atoms with Gasteiger partial charge < -0.3 is 11.1 Å². The molecular formula is C42H44N2. The monoisotopic (exact) mass is 576 g/mol. The third-order valence-electron chi connectivity index (χ3n) is 7.18. The Bertz CT molecular complexity index is 1720. The quantitative estimate of drug-likeness (QED) is 0.187. The Morgan fingerprint density at radius 3 is 2.36 bits per heavy atom. The van der Waals surface area contributed by atoms with Gasteiger partial charge in [0.2, 0.25) is 0 Å². The van der Waals surface area contributed by atoms with Crippen LogP contribution < -0.4 is 11.1 Å². The van der Waals surface area contributed by atoms with Crippen LogP contribution in [0.15, 0.2) is 182 Å². The van der Waals surface area contributed by atoms with Crippen LogP contribution in [-0.4, -0.2) is 0 Å². The first kappa shape index (κ1) is 33.2. The molecule has 0 saturated heterocycles. The zero-order valence-electron chi connectivity index (χ0n) is 26.3. The van der Waals surface area contributed by atoms with E-state index in [4.69, 9.17) is 5.73 Å². The number of hydrogen-bond acceptors (Lipinski definition) is 2. The van der Waals surface area contributed by atoms with Crippen LogP contribution in [0.2, 0.25) is 0 Å². The van der Waals surface area contributed by atoms with E-state index in [1.807, 2.05) is 80.8 Å². The summed E-state index contributed by atoms with van der Waals surface area (Å²) in [6.45, 7) is 18.6. The minimum atomic E-state index is 0.798. The smallest absolute Gasteiger partial charge is 0.0459 e. The van der Waals surface area contributed by atoms with Crippen molar-refractivity contribution in [2.75, 3.05) is 5.32 Å². The Labute approximate surface area is 264 Å². The first-order valence-electron chi connectivity index (χ1n) is 14.9. The van der Waals surface area contributed by atoms with Gasteiger partial charge in [-0.2, -0.15) is 0 Å². The molecule has 0 aliphatic heterocycles. The van der Waals surface area contributed by atoms with E-state index in [2.05, 4.69) is 105 Å². The number of allylic oxidation sites excluding steroid dienone is 16. The van der Waals surface area contributed by atoms with Crippen LogP contribution in [0.4, 0.5) is 5.69 Å². The molecule has 44 heavy (non-hydrogen) atoms. The average Bonchev–Trinajstić information content (AvgIpc) is 3.05. The van der Waals surface area contributed by atoms with Crippen LogP contribution in [0, 0.1) is 6.92 Å². The zero-order valence-corrected chi connectivity index (χ0v) is 26.3. The molecule has 0 heterocycles. The molecule has 0 bridgehead atoms. The van der Waals surface area contributed by atoms with E-state index in [-0.39, 0.29) is 0 Å². The highest BCUT2D eigenvalue weighted by Gasteiger charge is 2.04. The van der Waals surface area contributed by atoms with Crippen molar-refractivity contribution in [2.24, 2.45) is 5.73 Å². The minimum absolute atomic E-state index is 0.798. The molecule has 3 rings (SSSR count). The lowest BCUT2D eigenvalue weighted by molar-refractivity contribution is 1.36. The summed E-state index contributed by atoms with van der Waals surface area (Å²) >= 11 is 0. The molecule has 0 atom stereocenters. The number of nitrogens with two attached hydrogens (primary N) is 1. The second-order valence-corrected chi connectivity index (χ2v) is 10.2. The Hall–Kier alpha value is -5.34. The SMILES string of the molecule is C=C/C(=C\C)c1ccc(C)c(/C=C\C(=C)C(=C)\C=C/C(=C\Nc2cccc3ccccc23)C(/C=C\C/C=C\C=C/C)=C/N)c1. The Morgan fingerprint density at radius 1 is 0.841 bits per heavy atom. The van der Waals surface area contributed by atoms with E-state index in [0.29, 0.717) is 0 Å². The van der Waals surface area contributed by atoms with E-state index in [1.54, 1.807) is 6.20 Å². The lowest BCUT2D eigenvalue weighted by atomic mass is 9.98. The fourth-order valence-electron chi connectivity index (χ4n) is 4.52. The van der Waals surface area contributed by atoms with Crippen molar-refractivity contribution in [1.29, 1.82) is 0 Å². The molecule has 222 valence electrons. The van der Waals surface area contributed by atoms with Crippen LogP contribution in [0.1, 0.15) is 37.0 Å². The van der Waals surface area contributed by atoms with Gasteiger partial charge in [0.1, 0.15) is 0 Å². The molecular weight excluding hydrogens is 532 g/mol. The zero-order chi connectivity index (χ0) is 31.7. The molecule has 0 aliphatic rings. The van der Waals surface area contributed by atoms with E-state index in [9.17, 15) is 0 Å². The predicted molar refractivity (Wildman–Crippen MR) is 197 cm³/mol. The van der Waals surface area contributed by atoms with Gasteiger partial charge in [-0.15, -0.1) is 0 Å². The van der Waals surface area contributed by atoms with Crippen molar-refractivity contribution in [1.82, 2.24) is 0 Å². The van der Waals surface area contributed by atoms with Crippen molar-refractivity contribution < 1.29 is 0 Å². The summed E-state index contributed by atoms with van der Waals surface area (Å²) in [6, 6.07) is 21.0. The molecule has 0 unspecified atom stereocenters. The summed E-state index contributed by atoms with van der Waals surface area (Å²) in [4.78, 5) is 0. The summed E-state index contributed by atoms with van der Waals surface area (Å²) in [6.07, 6.45) is 28.7. The highest BCUT2D eigenvalue weighted by Crippen LogP contribution is 2.25. The highest BCUT2D eigenvalue weighted by atomic mass is 14.8. The molecule has 0 spiro atoms. The number of benzene rings is 3. The fraction of sp³-hybridized carbons (Fsp3) is 0.0952. The summed E-state index contributed by atoms with van der Waals surface area (Å²) in [5, 5.41) is 5.83. The van der Waals surface area contributed by atoms with Crippen molar-refractivity contribution in [3.8, 4) is 0 Å². The third kappa shape index (κ3) is 9.61. The molecule has 3 N–H and O–H groups in total. The van der Waals surface area contributed by atoms with Crippen LogP contribution >= 0.6 is 0 Å². The standard InChI is InChI=1S/C42H44N2/c1-7-10-11-12-13-14-19-39(30-43)40(31-44-42-22-17-20-36-18-15-16-21-41(36)42)28-24-33(5)32(4)23-26-37-29-38(27-25-34(37)6)35(8-2)9-3/h7-12,14-31,44H,2,4-5,13,43H2,1,3,6H3/b10-7-,12-11-,19-14-,26-23-,28-24-,35-9+,39-30+,40-31+. The van der Waals surface area contributed by atoms with Gasteiger partial charge in [-0.3, -0.25) is 0 Å². The maximum atomic E-state index is 6.14. The van der Waals surface area contributed by atoms with Crippen molar-refractivity contribution in [3.63, 3.8) is 0 Å². The van der Waals surface area contributed by atoms with Crippen molar-refractivity contribution in [2.45, 2.75) is 27.2 Å². The molecule has 2 heteroatoms. The maximum Gasteiger partial charge on any atom is 0.0459 e. The van der Waals surface area contributed by atoms with Crippen LogP contribution in [0.5, 0.6) is 0 Å². The molecule has 3 aromatic rings. The second kappa shape index (κ2) is 17.6. The summed E-state index contributed by atoms with van der Waals surface area (Å²) in [7, 11) is 0. The van der Waals surface area contributed by atoms with Gasteiger partial charge in [0.15, 0.2) is 0 Å². The van der Waals surface area contributed by atoms with Crippen LogP contribution in [-0.2, 0) is 0 Å². The fourth-order valence-corrected chi connectivity index (χ4v) is 4.52. The predicted octanol–water partition coefficient (Wildman–Crippen LogP) is 11.3. The Balaban J connectivity index is 1.87. The molecule has 2 nitrogen and oxygen atoms in total. The molecule has 0 saturated carbocycles. The minimum Gasteiger partial charge on any atom is -0.404 e. The number of fused-ring (bicyclic) bond motifs is 1. The maximum absolute atomic E-state index is 6.14. The molecule has 0 amide bonds. The van der Waals surface area contributed by atoms with Gasteiger partial charge in [-0.05, 0) is 89.3 Å². The van der Waals surface area contributed by atoms with Gasteiger partial charge in [-0.1, -0.05) is 141 Å².